The Bertz CT molecular complexity index is 2460. The number of benzene rings is 2. The van der Waals surface area contributed by atoms with E-state index in [0.717, 1.165) is 42.7 Å². The molecule has 7 fully saturated rings. The average molecular weight is 973 g/mol. The third-order valence-corrected chi connectivity index (χ3v) is 15.6. The number of likely N-dealkylation sites (tertiary alicyclic amines) is 3. The summed E-state index contributed by atoms with van der Waals surface area (Å²) in [5, 5.41) is 26.9. The summed E-state index contributed by atoms with van der Waals surface area (Å²) in [6.07, 6.45) is -3.55. The minimum atomic E-state index is -4.77. The molecule has 3 N–H and O–H groups in total. The molecule has 15 nitrogen and oxygen atoms in total. The highest BCUT2D eigenvalue weighted by Crippen LogP contribution is 2.60. The Kier molecular flexibility index (Phi) is 12.6. The average Bonchev–Trinajstić information content (AvgIpc) is 3.86. The zero-order valence-electron chi connectivity index (χ0n) is 37.9. The van der Waals surface area contributed by atoms with E-state index in [1.807, 2.05) is 0 Å². The number of amides is 4. The molecule has 3 atom stereocenters. The Morgan fingerprint density at radius 2 is 1.57 bits per heavy atom. The van der Waals surface area contributed by atoms with Gasteiger partial charge in [-0.1, -0.05) is 18.2 Å². The summed E-state index contributed by atoms with van der Waals surface area (Å²) < 4.78 is 95.7. The normalized spacial score (nSPS) is 25.0. The van der Waals surface area contributed by atoms with Crippen molar-refractivity contribution in [1.29, 1.82) is 0 Å². The van der Waals surface area contributed by atoms with E-state index in [1.165, 1.54) is 46.2 Å². The number of carbonyl (C=O) groups excluding carboxylic acids is 4. The van der Waals surface area contributed by atoms with Gasteiger partial charge in [-0.2, -0.15) is 31.4 Å². The quantitative estimate of drug-likeness (QED) is 0.176. The number of hydrogen-bond donors (Lipinski definition) is 3. The number of carbonyl (C=O) groups is 5. The number of phenols is 1. The van der Waals surface area contributed by atoms with Crippen LogP contribution in [0.1, 0.15) is 102 Å². The molecule has 7 aliphatic rings. The fourth-order valence-electron chi connectivity index (χ4n) is 11.1. The first-order valence-electron chi connectivity index (χ1n) is 23.3. The first-order valence-corrected chi connectivity index (χ1v) is 23.3. The maximum absolute atomic E-state index is 14.8. The lowest BCUT2D eigenvalue weighted by atomic mass is 9.70. The van der Waals surface area contributed by atoms with Crippen LogP contribution in [0.2, 0.25) is 0 Å². The topological polar surface area (TPSA) is 184 Å². The van der Waals surface area contributed by atoms with E-state index in [9.17, 15) is 60.5 Å². The number of nitrogens with zero attached hydrogens (tertiary/aromatic N) is 5. The number of rotatable bonds is 13. The molecule has 3 aromatic rings. The molecule has 1 aromatic heterocycles. The van der Waals surface area contributed by atoms with Crippen molar-refractivity contribution in [1.82, 2.24) is 29.8 Å². The summed E-state index contributed by atoms with van der Waals surface area (Å²) in [4.78, 5) is 72.7. The molecule has 5 saturated heterocycles. The van der Waals surface area contributed by atoms with Gasteiger partial charge in [0, 0.05) is 56.3 Å². The van der Waals surface area contributed by atoms with E-state index < -0.39 is 76.4 Å². The van der Waals surface area contributed by atoms with Gasteiger partial charge >= 0.3 is 18.3 Å². The number of carboxylic acid groups (broad SMARTS) is 1. The van der Waals surface area contributed by atoms with Gasteiger partial charge in [0.05, 0.1) is 55.2 Å². The summed E-state index contributed by atoms with van der Waals surface area (Å²) in [7, 11) is 0. The highest BCUT2D eigenvalue weighted by atomic mass is 19.4. The van der Waals surface area contributed by atoms with Crippen LogP contribution < -0.4 is 5.32 Å². The number of carboxylic acids is 1. The van der Waals surface area contributed by atoms with Crippen molar-refractivity contribution in [3.05, 3.63) is 82.7 Å². The van der Waals surface area contributed by atoms with Gasteiger partial charge < -0.3 is 39.7 Å². The standard InChI is InChI=1S/C48H54F6N6O9/c1-28(68-26-44-12-8-34(9-13-44)69-27-44)38(41(64)57-16-10-30(11-17-57)31-4-7-35(42(65)66)37(61)18-31)56-39(62)36-22-58(23-45(36)24-59(25-45)43(67)46(14-15-46)48(52,53)54)40(63)32-19-55-60(21-32)20-29-2-5-33(6-3-29)47(49,50)51/h2-7,18-19,21,28,30,34,36,38,61H,8-17,20,22-27H2,1H3,(H,56,62)(H,65,66)/t28-,34?,36+,38+,44?/m1/s1. The first kappa shape index (κ1) is 48.3. The van der Waals surface area contributed by atoms with Gasteiger partial charge in [0.15, 0.2) is 0 Å². The number of halogens is 6. The second-order valence-electron chi connectivity index (χ2n) is 20.2. The molecule has 21 heteroatoms. The fraction of sp³-hybridized carbons (Fsp3) is 0.583. The molecular weight excluding hydrogens is 919 g/mol. The number of piperidine rings is 1. The SMILES string of the molecule is C[C@@H](OCC12CCC(CC1)OC2)[C@H](NC(=O)[C@@H]1CN(C(=O)c2cnn(Cc3ccc(C(F)(F)F)cc3)c2)CC12CN(C(=O)C1(C(F)(F)F)CC1)C2)C(=O)N1CCC(c2ccc(C(=O)O)c(O)c2)CC1. The van der Waals surface area contributed by atoms with Gasteiger partial charge in [-0.05, 0) is 99.6 Å². The number of nitrogens with one attached hydrogen (secondary N) is 1. The molecule has 2 saturated carbocycles. The number of aromatic carboxylic acids is 1. The summed E-state index contributed by atoms with van der Waals surface area (Å²) in [5.41, 5.74) is -3.72. The number of fused-ring (bicyclic) bond motifs is 3. The number of ether oxygens (including phenoxy) is 2. The monoisotopic (exact) mass is 972 g/mol. The highest BCUT2D eigenvalue weighted by Gasteiger charge is 2.72. The number of hydrogen-bond acceptors (Lipinski definition) is 9. The molecule has 0 radical (unpaired) electrons. The predicted molar refractivity (Wildman–Crippen MR) is 231 cm³/mol. The summed E-state index contributed by atoms with van der Waals surface area (Å²) in [6, 6.07) is 7.61. The number of alkyl halides is 6. The summed E-state index contributed by atoms with van der Waals surface area (Å²) in [5.74, 6) is -5.56. The van der Waals surface area contributed by atoms with Gasteiger partial charge in [0.2, 0.25) is 17.7 Å². The zero-order chi connectivity index (χ0) is 49.3. The minimum Gasteiger partial charge on any atom is -0.507 e. The van der Waals surface area contributed by atoms with E-state index in [2.05, 4.69) is 10.4 Å². The van der Waals surface area contributed by atoms with Gasteiger partial charge in [-0.25, -0.2) is 4.79 Å². The lowest BCUT2D eigenvalue weighted by Crippen LogP contribution is -2.67. The van der Waals surface area contributed by atoms with E-state index in [1.54, 1.807) is 17.9 Å². The first-order chi connectivity index (χ1) is 32.6. The van der Waals surface area contributed by atoms with Crippen molar-refractivity contribution in [2.24, 2.45) is 22.2 Å². The van der Waals surface area contributed by atoms with E-state index >= 15 is 0 Å². The van der Waals surface area contributed by atoms with Crippen LogP contribution in [-0.4, -0.2) is 141 Å². The second-order valence-corrected chi connectivity index (χ2v) is 20.2. The Hall–Kier alpha value is -5.70. The Morgan fingerprint density at radius 3 is 2.14 bits per heavy atom. The van der Waals surface area contributed by atoms with E-state index in [4.69, 9.17) is 9.47 Å². The molecule has 6 heterocycles. The molecule has 372 valence electrons. The van der Waals surface area contributed by atoms with Crippen LogP contribution >= 0.6 is 0 Å². The molecule has 69 heavy (non-hydrogen) atoms. The summed E-state index contributed by atoms with van der Waals surface area (Å²) >= 11 is 0. The maximum atomic E-state index is 14.8. The largest absolute Gasteiger partial charge is 0.507 e. The molecule has 1 spiro atoms. The fourth-order valence-corrected chi connectivity index (χ4v) is 11.1. The van der Waals surface area contributed by atoms with Crippen LogP contribution in [0, 0.1) is 22.2 Å². The molecule has 5 aliphatic heterocycles. The third kappa shape index (κ3) is 9.39. The molecular formula is C48H54F6N6O9. The molecule has 2 bridgehead atoms. The van der Waals surface area contributed by atoms with Crippen LogP contribution in [0.5, 0.6) is 5.75 Å². The lowest BCUT2D eigenvalue weighted by Gasteiger charge is -2.51. The van der Waals surface area contributed by atoms with Gasteiger partial charge in [0.25, 0.3) is 5.91 Å². The third-order valence-electron chi connectivity index (χ3n) is 15.6. The van der Waals surface area contributed by atoms with E-state index in [0.29, 0.717) is 30.6 Å². The van der Waals surface area contributed by atoms with Gasteiger partial charge in [-0.15, -0.1) is 0 Å². The molecule has 4 amide bonds. The van der Waals surface area contributed by atoms with Crippen LogP contribution in [0.25, 0.3) is 0 Å². The van der Waals surface area contributed by atoms with Crippen molar-refractivity contribution < 1.29 is 70.0 Å². The minimum absolute atomic E-state index is 0.0316. The van der Waals surface area contributed by atoms with Crippen molar-refractivity contribution in [3.63, 3.8) is 0 Å². The maximum Gasteiger partial charge on any atom is 0.416 e. The highest BCUT2D eigenvalue weighted by molar-refractivity contribution is 5.96. The Morgan fingerprint density at radius 1 is 0.899 bits per heavy atom. The zero-order valence-corrected chi connectivity index (χ0v) is 37.9. The molecule has 0 unspecified atom stereocenters. The van der Waals surface area contributed by atoms with Crippen molar-refractivity contribution in [2.45, 2.75) is 101 Å². The summed E-state index contributed by atoms with van der Waals surface area (Å²) in [6.45, 7) is 2.17. The lowest BCUT2D eigenvalue weighted by molar-refractivity contribution is -0.205. The number of aromatic hydroxyl groups is 1. The Labute approximate surface area is 393 Å². The molecule has 2 aromatic carbocycles. The van der Waals surface area contributed by atoms with Crippen LogP contribution in [0.4, 0.5) is 26.3 Å². The second kappa shape index (κ2) is 17.9. The Balaban J connectivity index is 0.938. The predicted octanol–water partition coefficient (Wildman–Crippen LogP) is 5.85. The van der Waals surface area contributed by atoms with Crippen molar-refractivity contribution in [3.8, 4) is 5.75 Å². The van der Waals surface area contributed by atoms with Crippen molar-refractivity contribution in [2.75, 3.05) is 52.5 Å². The van der Waals surface area contributed by atoms with Crippen molar-refractivity contribution >= 4 is 29.6 Å². The van der Waals surface area contributed by atoms with Gasteiger partial charge in [-0.3, -0.25) is 23.9 Å². The molecule has 2 aliphatic carbocycles. The smallest absolute Gasteiger partial charge is 0.416 e. The molecule has 10 rings (SSSR count). The van der Waals surface area contributed by atoms with Crippen LogP contribution in [0.3, 0.4) is 0 Å². The van der Waals surface area contributed by atoms with E-state index in [-0.39, 0.29) is 99.6 Å². The van der Waals surface area contributed by atoms with Crippen LogP contribution in [-0.2, 0) is 36.6 Å². The van der Waals surface area contributed by atoms with Crippen LogP contribution in [0.15, 0.2) is 54.9 Å². The van der Waals surface area contributed by atoms with Gasteiger partial charge in [0.1, 0.15) is 22.8 Å². The number of aromatic nitrogens is 2.